The van der Waals surface area contributed by atoms with Gasteiger partial charge in [0, 0.05) is 22.5 Å². The first-order chi connectivity index (χ1) is 21.7. The van der Waals surface area contributed by atoms with Crippen molar-refractivity contribution in [2.75, 3.05) is 4.90 Å². The molecule has 1 nitrogen and oxygen atoms in total. The van der Waals surface area contributed by atoms with E-state index in [-0.39, 0.29) is 0 Å². The van der Waals surface area contributed by atoms with Crippen molar-refractivity contribution in [1.29, 1.82) is 0 Å². The number of nitrogens with zero attached hydrogens (tertiary/aromatic N) is 1. The Morgan fingerprint density at radius 1 is 0.318 bits per heavy atom. The van der Waals surface area contributed by atoms with Crippen molar-refractivity contribution in [3.05, 3.63) is 188 Å². The molecule has 0 aromatic heterocycles. The van der Waals surface area contributed by atoms with E-state index < -0.39 is 0 Å². The van der Waals surface area contributed by atoms with E-state index in [1.54, 1.807) is 0 Å². The molecule has 0 aliphatic carbocycles. The van der Waals surface area contributed by atoms with Gasteiger partial charge in [0.05, 0.1) is 5.69 Å². The zero-order valence-electron chi connectivity index (χ0n) is 24.8. The van der Waals surface area contributed by atoms with Crippen LogP contribution in [0.25, 0.3) is 44.5 Å². The van der Waals surface area contributed by atoms with Gasteiger partial charge in [-0.2, -0.15) is 0 Å². The van der Waals surface area contributed by atoms with Crippen molar-refractivity contribution >= 4 is 17.1 Å². The van der Waals surface area contributed by atoms with Crippen LogP contribution in [0.15, 0.2) is 182 Å². The van der Waals surface area contributed by atoms with Crippen LogP contribution in [0.2, 0.25) is 0 Å². The number of hydrogen-bond acceptors (Lipinski definition) is 1. The number of anilines is 3. The molecule has 0 fully saturated rings. The Bertz CT molecular complexity index is 1900. The number of rotatable bonds is 7. The fraction of sp³-hybridized carbons (Fsp3) is 0.0233. The van der Waals surface area contributed by atoms with Crippen LogP contribution < -0.4 is 4.90 Å². The summed E-state index contributed by atoms with van der Waals surface area (Å²) in [5.41, 5.74) is 14.1. The second-order valence-electron chi connectivity index (χ2n) is 11.1. The fourth-order valence-electron chi connectivity index (χ4n) is 5.88. The largest absolute Gasteiger partial charge is 0.309 e. The Morgan fingerprint density at radius 3 is 1.09 bits per heavy atom. The van der Waals surface area contributed by atoms with E-state index in [0.29, 0.717) is 0 Å². The summed E-state index contributed by atoms with van der Waals surface area (Å²) in [6, 6.07) is 65.3. The summed E-state index contributed by atoms with van der Waals surface area (Å²) < 4.78 is 0. The van der Waals surface area contributed by atoms with Gasteiger partial charge in [0.15, 0.2) is 0 Å². The van der Waals surface area contributed by atoms with E-state index in [9.17, 15) is 0 Å². The van der Waals surface area contributed by atoms with Gasteiger partial charge in [-0.25, -0.2) is 0 Å². The Balaban J connectivity index is 1.53. The van der Waals surface area contributed by atoms with Crippen molar-refractivity contribution in [1.82, 2.24) is 0 Å². The molecule has 7 aromatic carbocycles. The Hall–Kier alpha value is -5.66. The molecule has 44 heavy (non-hydrogen) atoms. The number of hydrogen-bond donors (Lipinski definition) is 0. The normalized spacial score (nSPS) is 10.8. The molecule has 1 heteroatoms. The van der Waals surface area contributed by atoms with Gasteiger partial charge in [0.1, 0.15) is 0 Å². The Kier molecular flexibility index (Phi) is 7.60. The zero-order chi connectivity index (χ0) is 29.7. The molecule has 0 aliphatic heterocycles. The monoisotopic (exact) mass is 563 g/mol. The van der Waals surface area contributed by atoms with Gasteiger partial charge in [-0.05, 0) is 76.7 Å². The lowest BCUT2D eigenvalue weighted by Gasteiger charge is -2.31. The third kappa shape index (κ3) is 5.56. The molecule has 0 radical (unpaired) electrons. The van der Waals surface area contributed by atoms with Crippen molar-refractivity contribution in [2.45, 2.75) is 6.92 Å². The predicted octanol–water partition coefficient (Wildman–Crippen LogP) is 12.1. The third-order valence-electron chi connectivity index (χ3n) is 8.14. The quantitative estimate of drug-likeness (QED) is 0.186. The van der Waals surface area contributed by atoms with Crippen LogP contribution in [0.5, 0.6) is 0 Å². The summed E-state index contributed by atoms with van der Waals surface area (Å²) >= 11 is 0. The smallest absolute Gasteiger partial charge is 0.0618 e. The minimum absolute atomic E-state index is 1.11. The molecule has 0 amide bonds. The van der Waals surface area contributed by atoms with Crippen molar-refractivity contribution < 1.29 is 0 Å². The average molecular weight is 564 g/mol. The lowest BCUT2D eigenvalue weighted by Crippen LogP contribution is -2.13. The molecule has 0 saturated carbocycles. The summed E-state index contributed by atoms with van der Waals surface area (Å²) in [6.45, 7) is 2.14. The molecule has 0 bridgehead atoms. The van der Waals surface area contributed by atoms with Crippen LogP contribution in [-0.2, 0) is 0 Å². The highest BCUT2D eigenvalue weighted by atomic mass is 15.1. The van der Waals surface area contributed by atoms with Gasteiger partial charge in [0.2, 0.25) is 0 Å². The van der Waals surface area contributed by atoms with Gasteiger partial charge in [-0.1, -0.05) is 151 Å². The maximum atomic E-state index is 2.42. The van der Waals surface area contributed by atoms with Crippen molar-refractivity contribution in [3.63, 3.8) is 0 Å². The van der Waals surface area contributed by atoms with E-state index in [1.165, 1.54) is 50.1 Å². The first-order valence-electron chi connectivity index (χ1n) is 15.1. The maximum Gasteiger partial charge on any atom is 0.0618 e. The average Bonchev–Trinajstić information content (AvgIpc) is 3.11. The van der Waals surface area contributed by atoms with Gasteiger partial charge >= 0.3 is 0 Å². The molecule has 7 aromatic rings. The lowest BCUT2D eigenvalue weighted by atomic mass is 9.89. The minimum Gasteiger partial charge on any atom is -0.309 e. The molecular formula is C43H33N. The minimum atomic E-state index is 1.11. The molecule has 7 rings (SSSR count). The van der Waals surface area contributed by atoms with Gasteiger partial charge in [-0.3, -0.25) is 0 Å². The summed E-state index contributed by atoms with van der Waals surface area (Å²) in [6.07, 6.45) is 0. The standard InChI is InChI=1S/C43H33N/c1-32-22-26-39(27-23-32)44(40-28-24-35(25-29-40)33-14-6-2-7-15-33)43-41(36-18-10-4-11-19-36)30-38(34-16-8-3-9-17-34)31-42(43)37-20-12-5-13-21-37/h2-31H,1H3. The van der Waals surface area contributed by atoms with Crippen molar-refractivity contribution in [2.24, 2.45) is 0 Å². The zero-order valence-corrected chi connectivity index (χ0v) is 24.8. The molecule has 0 aliphatic rings. The van der Waals surface area contributed by atoms with E-state index in [0.717, 1.165) is 17.1 Å². The van der Waals surface area contributed by atoms with Crippen LogP contribution in [0, 0.1) is 6.92 Å². The van der Waals surface area contributed by atoms with E-state index in [1.807, 2.05) is 0 Å². The molecule has 0 spiro atoms. The Labute approximate surface area is 260 Å². The highest BCUT2D eigenvalue weighted by Gasteiger charge is 2.23. The van der Waals surface area contributed by atoms with E-state index in [4.69, 9.17) is 0 Å². The SMILES string of the molecule is Cc1ccc(N(c2ccc(-c3ccccc3)cc2)c2c(-c3ccccc3)cc(-c3ccccc3)cc2-c2ccccc2)cc1. The topological polar surface area (TPSA) is 3.24 Å². The Morgan fingerprint density at radius 2 is 0.659 bits per heavy atom. The third-order valence-corrected chi connectivity index (χ3v) is 8.14. The first kappa shape index (κ1) is 27.2. The maximum absolute atomic E-state index is 2.42. The second-order valence-corrected chi connectivity index (χ2v) is 11.1. The van der Waals surface area contributed by atoms with E-state index in [2.05, 4.69) is 194 Å². The van der Waals surface area contributed by atoms with Crippen molar-refractivity contribution in [3.8, 4) is 44.5 Å². The van der Waals surface area contributed by atoms with Crippen LogP contribution >= 0.6 is 0 Å². The molecule has 210 valence electrons. The summed E-state index contributed by atoms with van der Waals surface area (Å²) in [5, 5.41) is 0. The number of benzene rings is 7. The van der Waals surface area contributed by atoms with Crippen LogP contribution in [-0.4, -0.2) is 0 Å². The molecule has 0 heterocycles. The lowest BCUT2D eigenvalue weighted by molar-refractivity contribution is 1.27. The molecule has 0 atom stereocenters. The molecular weight excluding hydrogens is 530 g/mol. The fourth-order valence-corrected chi connectivity index (χ4v) is 5.88. The van der Waals surface area contributed by atoms with Crippen LogP contribution in [0.1, 0.15) is 5.56 Å². The highest BCUT2D eigenvalue weighted by Crippen LogP contribution is 2.48. The first-order valence-corrected chi connectivity index (χ1v) is 15.1. The van der Waals surface area contributed by atoms with Gasteiger partial charge in [-0.15, -0.1) is 0 Å². The summed E-state index contributed by atoms with van der Waals surface area (Å²) in [5.74, 6) is 0. The summed E-state index contributed by atoms with van der Waals surface area (Å²) in [4.78, 5) is 2.42. The molecule has 0 unspecified atom stereocenters. The van der Waals surface area contributed by atoms with E-state index >= 15 is 0 Å². The van der Waals surface area contributed by atoms with Gasteiger partial charge < -0.3 is 4.90 Å². The van der Waals surface area contributed by atoms with Gasteiger partial charge in [0.25, 0.3) is 0 Å². The van der Waals surface area contributed by atoms with Crippen LogP contribution in [0.3, 0.4) is 0 Å². The predicted molar refractivity (Wildman–Crippen MR) is 188 cm³/mol. The summed E-state index contributed by atoms with van der Waals surface area (Å²) in [7, 11) is 0. The van der Waals surface area contributed by atoms with Crippen LogP contribution in [0.4, 0.5) is 17.1 Å². The highest BCUT2D eigenvalue weighted by molar-refractivity contribution is 6.00. The molecule has 0 saturated heterocycles. The second kappa shape index (κ2) is 12.3. The molecule has 0 N–H and O–H groups in total. The number of aryl methyl sites for hydroxylation is 1.